The fourth-order valence-corrected chi connectivity index (χ4v) is 1.76. The van der Waals surface area contributed by atoms with Gasteiger partial charge in [0, 0.05) is 6.42 Å². The van der Waals surface area contributed by atoms with Crippen LogP contribution in [0, 0.1) is 0 Å². The molecule has 23 heavy (non-hydrogen) atoms. The molecule has 1 rings (SSSR count). The van der Waals surface area contributed by atoms with Gasteiger partial charge in [0.25, 0.3) is 0 Å². The second-order valence-electron chi connectivity index (χ2n) is 5.94. The van der Waals surface area contributed by atoms with E-state index < -0.39 is 35.4 Å². The van der Waals surface area contributed by atoms with E-state index in [1.165, 1.54) is 12.1 Å². The highest BCUT2D eigenvalue weighted by Gasteiger charge is 2.31. The smallest absolute Gasteiger partial charge is 0.416 e. The number of amides is 1. The van der Waals surface area contributed by atoms with Crippen molar-refractivity contribution in [1.82, 2.24) is 5.32 Å². The molecule has 0 aromatic heterocycles. The maximum absolute atomic E-state index is 12.7. The van der Waals surface area contributed by atoms with Crippen LogP contribution in [-0.4, -0.2) is 28.8 Å². The van der Waals surface area contributed by atoms with E-state index in [1.54, 1.807) is 20.8 Å². The molecule has 0 saturated carbocycles. The van der Waals surface area contributed by atoms with E-state index in [1.807, 2.05) is 0 Å². The van der Waals surface area contributed by atoms with Crippen molar-refractivity contribution in [2.75, 3.05) is 0 Å². The second kappa shape index (κ2) is 6.89. The van der Waals surface area contributed by atoms with Crippen LogP contribution in [0.5, 0.6) is 0 Å². The minimum Gasteiger partial charge on any atom is -0.480 e. The Kier molecular flexibility index (Phi) is 5.63. The highest BCUT2D eigenvalue weighted by Crippen LogP contribution is 2.29. The summed E-state index contributed by atoms with van der Waals surface area (Å²) in [7, 11) is 0. The summed E-state index contributed by atoms with van der Waals surface area (Å²) in [5.41, 5.74) is -1.55. The number of halogens is 3. The van der Waals surface area contributed by atoms with Gasteiger partial charge in [0.1, 0.15) is 11.6 Å². The van der Waals surface area contributed by atoms with Crippen molar-refractivity contribution in [2.45, 2.75) is 45.0 Å². The lowest BCUT2D eigenvalue weighted by atomic mass is 10.0. The summed E-state index contributed by atoms with van der Waals surface area (Å²) in [5.74, 6) is -1.37. The zero-order valence-corrected chi connectivity index (χ0v) is 12.9. The monoisotopic (exact) mass is 333 g/mol. The van der Waals surface area contributed by atoms with E-state index in [-0.39, 0.29) is 12.0 Å². The van der Waals surface area contributed by atoms with Crippen LogP contribution in [0.3, 0.4) is 0 Å². The van der Waals surface area contributed by atoms with Gasteiger partial charge in [-0.05, 0) is 32.4 Å². The van der Waals surface area contributed by atoms with Gasteiger partial charge in [0.05, 0.1) is 5.56 Å². The Morgan fingerprint density at radius 1 is 1.26 bits per heavy atom. The van der Waals surface area contributed by atoms with Gasteiger partial charge in [-0.1, -0.05) is 18.2 Å². The molecule has 5 nitrogen and oxygen atoms in total. The van der Waals surface area contributed by atoms with E-state index in [9.17, 15) is 22.8 Å². The number of aliphatic carboxylic acids is 1. The van der Waals surface area contributed by atoms with E-state index in [0.717, 1.165) is 12.1 Å². The van der Waals surface area contributed by atoms with Crippen LogP contribution in [0.15, 0.2) is 24.3 Å². The van der Waals surface area contributed by atoms with Crippen molar-refractivity contribution in [2.24, 2.45) is 0 Å². The van der Waals surface area contributed by atoms with Gasteiger partial charge in [0.2, 0.25) is 0 Å². The van der Waals surface area contributed by atoms with Crippen LogP contribution in [0.2, 0.25) is 0 Å². The van der Waals surface area contributed by atoms with Crippen LogP contribution >= 0.6 is 0 Å². The van der Waals surface area contributed by atoms with Crippen molar-refractivity contribution >= 4 is 12.1 Å². The van der Waals surface area contributed by atoms with Gasteiger partial charge in [-0.15, -0.1) is 0 Å². The number of hydrogen-bond acceptors (Lipinski definition) is 3. The Morgan fingerprint density at radius 3 is 2.35 bits per heavy atom. The minimum absolute atomic E-state index is 0.142. The molecule has 128 valence electrons. The molecule has 0 aliphatic carbocycles. The normalized spacial score (nSPS) is 13.3. The Balaban J connectivity index is 2.85. The third kappa shape index (κ3) is 6.58. The fraction of sp³-hybridized carbons (Fsp3) is 0.467. The first kappa shape index (κ1) is 18.8. The standard InChI is InChI=1S/C15H18F3NO4/c1-14(2,3)23-13(22)19-11(12(20)21)8-9-5-4-6-10(7-9)15(16,17)18/h4-7,11H,8H2,1-3H3,(H,19,22)(H,20,21)/t11-/m0/s1. The van der Waals surface area contributed by atoms with Crippen molar-refractivity contribution in [3.8, 4) is 0 Å². The van der Waals surface area contributed by atoms with Crippen LogP contribution in [0.4, 0.5) is 18.0 Å². The molecule has 0 bridgehead atoms. The molecular formula is C15H18F3NO4. The Hall–Kier alpha value is -2.25. The first-order valence-corrected chi connectivity index (χ1v) is 6.77. The Labute approximate surface area is 131 Å². The molecule has 8 heteroatoms. The summed E-state index contributed by atoms with van der Waals surface area (Å²) in [4.78, 5) is 22.8. The van der Waals surface area contributed by atoms with Gasteiger partial charge in [0.15, 0.2) is 0 Å². The molecule has 1 amide bonds. The highest BCUT2D eigenvalue weighted by molar-refractivity contribution is 5.80. The molecule has 0 spiro atoms. The van der Waals surface area contributed by atoms with Gasteiger partial charge in [-0.3, -0.25) is 0 Å². The predicted octanol–water partition coefficient (Wildman–Crippen LogP) is 3.23. The number of rotatable bonds is 4. The molecule has 0 fully saturated rings. The number of ether oxygens (including phenoxy) is 1. The molecule has 1 atom stereocenters. The number of hydrogen-bond donors (Lipinski definition) is 2. The molecule has 1 aromatic rings. The molecule has 0 aliphatic rings. The summed E-state index contributed by atoms with van der Waals surface area (Å²) in [6.07, 6.45) is -5.76. The number of carboxylic acids is 1. The van der Waals surface area contributed by atoms with Crippen molar-refractivity contribution < 1.29 is 32.6 Å². The van der Waals surface area contributed by atoms with Crippen LogP contribution < -0.4 is 5.32 Å². The number of nitrogens with one attached hydrogen (secondary N) is 1. The van der Waals surface area contributed by atoms with Crippen molar-refractivity contribution in [1.29, 1.82) is 0 Å². The number of carbonyl (C=O) groups is 2. The van der Waals surface area contributed by atoms with Crippen molar-refractivity contribution in [3.63, 3.8) is 0 Å². The molecule has 0 radical (unpaired) electrons. The number of carbonyl (C=O) groups excluding carboxylic acids is 1. The van der Waals surface area contributed by atoms with Crippen LogP contribution in [-0.2, 0) is 22.1 Å². The SMILES string of the molecule is CC(C)(C)OC(=O)N[C@@H](Cc1cccc(C(F)(F)F)c1)C(=O)O. The number of alkyl carbamates (subject to hydrolysis) is 1. The van der Waals surface area contributed by atoms with E-state index >= 15 is 0 Å². The first-order valence-electron chi connectivity index (χ1n) is 6.77. The third-order valence-corrected chi connectivity index (χ3v) is 2.68. The molecular weight excluding hydrogens is 315 g/mol. The number of carboxylic acid groups (broad SMARTS) is 1. The first-order chi connectivity index (χ1) is 10.4. The minimum atomic E-state index is -4.52. The maximum atomic E-state index is 12.7. The fourth-order valence-electron chi connectivity index (χ4n) is 1.76. The summed E-state index contributed by atoms with van der Waals surface area (Å²) in [6.45, 7) is 4.82. The topological polar surface area (TPSA) is 75.6 Å². The average Bonchev–Trinajstić information content (AvgIpc) is 2.35. The molecule has 0 unspecified atom stereocenters. The maximum Gasteiger partial charge on any atom is 0.416 e. The summed E-state index contributed by atoms with van der Waals surface area (Å²) in [6, 6.07) is 2.90. The van der Waals surface area contributed by atoms with Gasteiger partial charge >= 0.3 is 18.2 Å². The zero-order valence-electron chi connectivity index (χ0n) is 12.9. The quantitative estimate of drug-likeness (QED) is 0.887. The summed E-state index contributed by atoms with van der Waals surface area (Å²) in [5, 5.41) is 11.3. The molecule has 0 aliphatic heterocycles. The largest absolute Gasteiger partial charge is 0.480 e. The summed E-state index contributed by atoms with van der Waals surface area (Å²) < 4.78 is 42.9. The van der Waals surface area contributed by atoms with E-state index in [4.69, 9.17) is 9.84 Å². The molecule has 2 N–H and O–H groups in total. The summed E-state index contributed by atoms with van der Waals surface area (Å²) >= 11 is 0. The molecule has 0 saturated heterocycles. The van der Waals surface area contributed by atoms with Gasteiger partial charge < -0.3 is 15.2 Å². The Bertz CT molecular complexity index is 579. The van der Waals surface area contributed by atoms with Gasteiger partial charge in [-0.25, -0.2) is 9.59 Å². The van der Waals surface area contributed by atoms with Crippen LogP contribution in [0.25, 0.3) is 0 Å². The Morgan fingerprint density at radius 2 is 1.87 bits per heavy atom. The van der Waals surface area contributed by atoms with E-state index in [2.05, 4.69) is 5.32 Å². The molecule has 0 heterocycles. The van der Waals surface area contributed by atoms with Crippen LogP contribution in [0.1, 0.15) is 31.9 Å². The average molecular weight is 333 g/mol. The lowest BCUT2D eigenvalue weighted by molar-refractivity contribution is -0.139. The molecule has 1 aromatic carbocycles. The lowest BCUT2D eigenvalue weighted by Crippen LogP contribution is -2.44. The third-order valence-electron chi connectivity index (χ3n) is 2.68. The highest BCUT2D eigenvalue weighted by atomic mass is 19.4. The van der Waals surface area contributed by atoms with Gasteiger partial charge in [-0.2, -0.15) is 13.2 Å². The number of alkyl halides is 3. The lowest BCUT2D eigenvalue weighted by Gasteiger charge is -2.22. The van der Waals surface area contributed by atoms with E-state index in [0.29, 0.717) is 0 Å². The van der Waals surface area contributed by atoms with Crippen molar-refractivity contribution in [3.05, 3.63) is 35.4 Å². The number of benzene rings is 1. The zero-order chi connectivity index (χ0) is 17.8. The second-order valence-corrected chi connectivity index (χ2v) is 5.94. The predicted molar refractivity (Wildman–Crippen MR) is 75.9 cm³/mol.